The maximum absolute atomic E-state index is 11.7. The van der Waals surface area contributed by atoms with E-state index in [9.17, 15) is 9.59 Å². The molecule has 102 valence electrons. The van der Waals surface area contributed by atoms with Crippen LogP contribution in [0.15, 0.2) is 29.4 Å². The Bertz CT molecular complexity index is 464. The van der Waals surface area contributed by atoms with E-state index in [0.717, 1.165) is 0 Å². The quantitative estimate of drug-likeness (QED) is 0.631. The highest BCUT2D eigenvalue weighted by molar-refractivity contribution is 5.95. The second-order valence-corrected chi connectivity index (χ2v) is 4.44. The Labute approximate surface area is 113 Å². The Morgan fingerprint density at radius 3 is 2.42 bits per heavy atom. The van der Waals surface area contributed by atoms with Crippen LogP contribution in [0.25, 0.3) is 0 Å². The zero-order valence-corrected chi connectivity index (χ0v) is 11.4. The Kier molecular flexibility index (Phi) is 5.73. The third-order valence-corrected chi connectivity index (χ3v) is 2.29. The van der Waals surface area contributed by atoms with E-state index < -0.39 is 0 Å². The summed E-state index contributed by atoms with van der Waals surface area (Å²) in [4.78, 5) is 22.9. The number of hydrogen-bond acceptors (Lipinski definition) is 3. The van der Waals surface area contributed by atoms with Gasteiger partial charge in [-0.05, 0) is 30.2 Å². The minimum Gasteiger partial charge on any atom is -0.326 e. The first kappa shape index (κ1) is 14.9. The van der Waals surface area contributed by atoms with Gasteiger partial charge in [0.05, 0.1) is 0 Å². The first-order valence-corrected chi connectivity index (χ1v) is 6.26. The molecule has 1 aromatic carbocycles. The second-order valence-electron chi connectivity index (χ2n) is 4.44. The summed E-state index contributed by atoms with van der Waals surface area (Å²) in [6, 6.07) is 6.67. The molecule has 0 unspecified atom stereocenters. The highest BCUT2D eigenvalue weighted by Gasteiger charge is 2.04. The van der Waals surface area contributed by atoms with E-state index in [1.54, 1.807) is 37.4 Å². The summed E-state index contributed by atoms with van der Waals surface area (Å²) in [6.07, 6.45) is 2.08. The molecule has 0 aromatic heterocycles. The fourth-order valence-corrected chi connectivity index (χ4v) is 1.26. The summed E-state index contributed by atoms with van der Waals surface area (Å²) in [5.41, 5.74) is 3.62. The number of benzene rings is 1. The van der Waals surface area contributed by atoms with E-state index in [0.29, 0.717) is 17.7 Å². The molecule has 0 fully saturated rings. The van der Waals surface area contributed by atoms with E-state index >= 15 is 0 Å². The summed E-state index contributed by atoms with van der Waals surface area (Å²) in [7, 11) is 0. The van der Waals surface area contributed by atoms with Crippen LogP contribution < -0.4 is 10.7 Å². The van der Waals surface area contributed by atoms with Crippen LogP contribution in [-0.2, 0) is 4.79 Å². The van der Waals surface area contributed by atoms with Crippen LogP contribution in [-0.4, -0.2) is 18.0 Å². The summed E-state index contributed by atoms with van der Waals surface area (Å²) in [6.45, 7) is 5.73. The molecule has 0 atom stereocenters. The van der Waals surface area contributed by atoms with Crippen molar-refractivity contribution in [1.29, 1.82) is 0 Å². The number of rotatable bonds is 5. The molecule has 5 nitrogen and oxygen atoms in total. The first-order chi connectivity index (χ1) is 9.02. The lowest BCUT2D eigenvalue weighted by molar-refractivity contribution is -0.115. The third-order valence-electron chi connectivity index (χ3n) is 2.29. The maximum Gasteiger partial charge on any atom is 0.271 e. The van der Waals surface area contributed by atoms with Gasteiger partial charge in [0.1, 0.15) is 0 Å². The molecule has 0 saturated heterocycles. The smallest absolute Gasteiger partial charge is 0.271 e. The molecule has 0 aliphatic heterocycles. The van der Waals surface area contributed by atoms with Crippen molar-refractivity contribution in [3.8, 4) is 0 Å². The Hall–Kier alpha value is -2.17. The molecule has 0 saturated carbocycles. The topological polar surface area (TPSA) is 70.6 Å². The molecule has 0 aliphatic rings. The predicted molar refractivity (Wildman–Crippen MR) is 76.2 cm³/mol. The van der Waals surface area contributed by atoms with Crippen molar-refractivity contribution in [3.63, 3.8) is 0 Å². The third kappa shape index (κ3) is 5.33. The van der Waals surface area contributed by atoms with Gasteiger partial charge in [0.15, 0.2) is 0 Å². The average molecular weight is 261 g/mol. The van der Waals surface area contributed by atoms with Gasteiger partial charge in [-0.15, -0.1) is 0 Å². The zero-order chi connectivity index (χ0) is 14.3. The van der Waals surface area contributed by atoms with Crippen molar-refractivity contribution in [2.45, 2.75) is 27.2 Å². The maximum atomic E-state index is 11.7. The minimum atomic E-state index is -0.273. The molecule has 5 heteroatoms. The number of nitrogens with one attached hydrogen (secondary N) is 2. The molecule has 2 amide bonds. The first-order valence-electron chi connectivity index (χ1n) is 6.26. The summed E-state index contributed by atoms with van der Waals surface area (Å²) >= 11 is 0. The highest BCUT2D eigenvalue weighted by atomic mass is 16.2. The number of hydrazone groups is 1. The summed E-state index contributed by atoms with van der Waals surface area (Å²) < 4.78 is 0. The monoisotopic (exact) mass is 261 g/mol. The van der Waals surface area contributed by atoms with Gasteiger partial charge in [-0.25, -0.2) is 5.43 Å². The summed E-state index contributed by atoms with van der Waals surface area (Å²) in [5.74, 6) is -0.0454. The summed E-state index contributed by atoms with van der Waals surface area (Å²) in [5, 5.41) is 6.55. The van der Waals surface area contributed by atoms with Crippen molar-refractivity contribution < 1.29 is 9.59 Å². The molecule has 1 aromatic rings. The molecule has 2 N–H and O–H groups in total. The van der Waals surface area contributed by atoms with Gasteiger partial charge < -0.3 is 5.32 Å². The highest BCUT2D eigenvalue weighted by Crippen LogP contribution is 2.09. The van der Waals surface area contributed by atoms with Gasteiger partial charge in [0, 0.05) is 23.9 Å². The van der Waals surface area contributed by atoms with E-state index in [1.807, 2.05) is 13.8 Å². The second kappa shape index (κ2) is 7.31. The lowest BCUT2D eigenvalue weighted by Gasteiger charge is -2.04. The molecule has 0 bridgehead atoms. The Morgan fingerprint density at radius 2 is 1.89 bits per heavy atom. The van der Waals surface area contributed by atoms with E-state index in [4.69, 9.17) is 0 Å². The number of nitrogens with zero attached hydrogens (tertiary/aromatic N) is 1. The van der Waals surface area contributed by atoms with Crippen LogP contribution in [0, 0.1) is 5.92 Å². The Morgan fingerprint density at radius 1 is 1.26 bits per heavy atom. The van der Waals surface area contributed by atoms with E-state index in [2.05, 4.69) is 15.8 Å². The predicted octanol–water partition coefficient (Wildman–Crippen LogP) is 2.41. The molecule has 0 aliphatic carbocycles. The van der Waals surface area contributed by atoms with Crippen LogP contribution in [0.4, 0.5) is 5.69 Å². The molecule has 1 rings (SSSR count). The van der Waals surface area contributed by atoms with Crippen LogP contribution >= 0.6 is 0 Å². The molecule has 19 heavy (non-hydrogen) atoms. The van der Waals surface area contributed by atoms with Gasteiger partial charge in [0.2, 0.25) is 5.91 Å². The number of hydrogen-bond donors (Lipinski definition) is 2. The molecule has 0 heterocycles. The number of carbonyl (C=O) groups excluding carboxylic acids is 2. The zero-order valence-electron chi connectivity index (χ0n) is 11.4. The van der Waals surface area contributed by atoms with Crippen LogP contribution in [0.2, 0.25) is 0 Å². The normalized spacial score (nSPS) is 10.7. The van der Waals surface area contributed by atoms with Gasteiger partial charge in [-0.3, -0.25) is 9.59 Å². The largest absolute Gasteiger partial charge is 0.326 e. The van der Waals surface area contributed by atoms with Gasteiger partial charge >= 0.3 is 0 Å². The SMILES string of the molecule is CCC(=O)Nc1ccc(C(=O)N/N=C/C(C)C)cc1. The standard InChI is InChI=1S/C14H19N3O2/c1-4-13(18)16-12-7-5-11(6-8-12)14(19)17-15-9-10(2)3/h5-10H,4H2,1-3H3,(H,16,18)(H,17,19)/b15-9+. The van der Waals surface area contributed by atoms with Crippen LogP contribution in [0.3, 0.4) is 0 Å². The van der Waals surface area contributed by atoms with E-state index in [-0.39, 0.29) is 17.7 Å². The molecular formula is C14H19N3O2. The van der Waals surface area contributed by atoms with Crippen molar-refractivity contribution >= 4 is 23.7 Å². The van der Waals surface area contributed by atoms with Crippen LogP contribution in [0.1, 0.15) is 37.6 Å². The minimum absolute atomic E-state index is 0.0567. The van der Waals surface area contributed by atoms with Gasteiger partial charge in [-0.2, -0.15) is 5.10 Å². The molecule has 0 radical (unpaired) electrons. The lowest BCUT2D eigenvalue weighted by Crippen LogP contribution is -2.18. The van der Waals surface area contributed by atoms with Gasteiger partial charge in [0.25, 0.3) is 5.91 Å². The fourth-order valence-electron chi connectivity index (χ4n) is 1.26. The Balaban J connectivity index is 2.60. The van der Waals surface area contributed by atoms with E-state index in [1.165, 1.54) is 0 Å². The van der Waals surface area contributed by atoms with Crippen molar-refractivity contribution in [3.05, 3.63) is 29.8 Å². The number of anilines is 1. The van der Waals surface area contributed by atoms with Gasteiger partial charge in [-0.1, -0.05) is 20.8 Å². The molecule has 0 spiro atoms. The fraction of sp³-hybridized carbons (Fsp3) is 0.357. The van der Waals surface area contributed by atoms with Crippen molar-refractivity contribution in [1.82, 2.24) is 5.43 Å². The van der Waals surface area contributed by atoms with Crippen LogP contribution in [0.5, 0.6) is 0 Å². The lowest BCUT2D eigenvalue weighted by atomic mass is 10.2. The average Bonchev–Trinajstić information content (AvgIpc) is 2.38. The van der Waals surface area contributed by atoms with Crippen molar-refractivity contribution in [2.75, 3.05) is 5.32 Å². The number of amides is 2. The number of carbonyl (C=O) groups is 2. The van der Waals surface area contributed by atoms with Crippen molar-refractivity contribution in [2.24, 2.45) is 11.0 Å². The molecular weight excluding hydrogens is 242 g/mol.